The van der Waals surface area contributed by atoms with Crippen molar-refractivity contribution in [2.75, 3.05) is 6.54 Å². The highest BCUT2D eigenvalue weighted by Gasteiger charge is 2.22. The molecule has 5 heteroatoms. The second-order valence-electron chi connectivity index (χ2n) is 6.52. The second kappa shape index (κ2) is 9.67. The Morgan fingerprint density at radius 3 is 2.48 bits per heavy atom. The van der Waals surface area contributed by atoms with E-state index in [1.807, 2.05) is 30.3 Å². The second-order valence-corrected chi connectivity index (χ2v) is 6.52. The predicted octanol–water partition coefficient (Wildman–Crippen LogP) is 3.17. The van der Waals surface area contributed by atoms with Crippen molar-refractivity contribution in [2.24, 2.45) is 5.92 Å². The van der Waals surface area contributed by atoms with Crippen molar-refractivity contribution in [3.63, 3.8) is 0 Å². The first-order valence-corrected chi connectivity index (χ1v) is 8.72. The van der Waals surface area contributed by atoms with Crippen molar-refractivity contribution in [1.82, 2.24) is 10.6 Å². The summed E-state index contributed by atoms with van der Waals surface area (Å²) in [5.41, 5.74) is 0.990. The molecule has 0 spiro atoms. The van der Waals surface area contributed by atoms with Crippen molar-refractivity contribution < 1.29 is 14.0 Å². The highest BCUT2D eigenvalue weighted by Crippen LogP contribution is 2.07. The molecule has 2 rings (SSSR count). The molecule has 1 aromatic carbocycles. The number of carbonyl (C=O) groups is 2. The van der Waals surface area contributed by atoms with Gasteiger partial charge in [0.25, 0.3) is 5.91 Å². The van der Waals surface area contributed by atoms with Crippen LogP contribution in [0.5, 0.6) is 0 Å². The van der Waals surface area contributed by atoms with Crippen LogP contribution < -0.4 is 10.6 Å². The van der Waals surface area contributed by atoms with Crippen LogP contribution in [-0.2, 0) is 11.2 Å². The molecule has 1 heterocycles. The molecule has 0 bridgehead atoms. The van der Waals surface area contributed by atoms with E-state index in [2.05, 4.69) is 24.5 Å². The summed E-state index contributed by atoms with van der Waals surface area (Å²) in [6, 6.07) is 12.2. The van der Waals surface area contributed by atoms with Gasteiger partial charge in [0.15, 0.2) is 5.76 Å². The molecule has 2 amide bonds. The highest BCUT2D eigenvalue weighted by atomic mass is 16.3. The molecule has 134 valence electrons. The van der Waals surface area contributed by atoms with Gasteiger partial charge in [0.2, 0.25) is 5.91 Å². The van der Waals surface area contributed by atoms with Crippen molar-refractivity contribution in [3.8, 4) is 0 Å². The summed E-state index contributed by atoms with van der Waals surface area (Å²) in [5, 5.41) is 5.70. The van der Waals surface area contributed by atoms with Crippen LogP contribution in [0.1, 0.15) is 42.8 Å². The van der Waals surface area contributed by atoms with Gasteiger partial charge in [-0.1, -0.05) is 44.2 Å². The van der Waals surface area contributed by atoms with E-state index in [-0.39, 0.29) is 17.6 Å². The number of hydrogen-bond acceptors (Lipinski definition) is 3. The zero-order valence-corrected chi connectivity index (χ0v) is 14.8. The summed E-state index contributed by atoms with van der Waals surface area (Å²) >= 11 is 0. The molecule has 1 atom stereocenters. The molecule has 2 aromatic rings. The first kappa shape index (κ1) is 18.8. The van der Waals surface area contributed by atoms with Crippen LogP contribution in [0, 0.1) is 5.92 Å². The van der Waals surface area contributed by atoms with Crippen molar-refractivity contribution in [1.29, 1.82) is 0 Å². The molecule has 2 N–H and O–H groups in total. The summed E-state index contributed by atoms with van der Waals surface area (Å²) in [6.45, 7) is 4.92. The fraction of sp³-hybridized carbons (Fsp3) is 0.400. The summed E-state index contributed by atoms with van der Waals surface area (Å²) in [6.07, 6.45) is 3.85. The average molecular weight is 342 g/mol. The zero-order valence-electron chi connectivity index (χ0n) is 14.8. The van der Waals surface area contributed by atoms with Gasteiger partial charge < -0.3 is 15.1 Å². The Morgan fingerprint density at radius 1 is 1.08 bits per heavy atom. The highest BCUT2D eigenvalue weighted by molar-refractivity contribution is 5.95. The van der Waals surface area contributed by atoms with Crippen LogP contribution in [0.4, 0.5) is 0 Å². The minimum Gasteiger partial charge on any atom is -0.459 e. The Bertz CT molecular complexity index is 651. The van der Waals surface area contributed by atoms with Gasteiger partial charge >= 0.3 is 0 Å². The monoisotopic (exact) mass is 342 g/mol. The zero-order chi connectivity index (χ0) is 18.1. The van der Waals surface area contributed by atoms with Crippen molar-refractivity contribution in [2.45, 2.75) is 39.2 Å². The average Bonchev–Trinajstić information content (AvgIpc) is 3.13. The van der Waals surface area contributed by atoms with Crippen molar-refractivity contribution >= 4 is 11.8 Å². The van der Waals surface area contributed by atoms with E-state index in [1.165, 1.54) is 6.26 Å². The van der Waals surface area contributed by atoms with Crippen molar-refractivity contribution in [3.05, 3.63) is 60.1 Å². The number of furan rings is 1. The Morgan fingerprint density at radius 2 is 1.84 bits per heavy atom. The molecule has 0 fully saturated rings. The molecule has 0 aliphatic carbocycles. The summed E-state index contributed by atoms with van der Waals surface area (Å²) in [7, 11) is 0. The molecule has 0 saturated carbocycles. The Labute approximate surface area is 148 Å². The fourth-order valence-corrected chi connectivity index (χ4v) is 2.54. The number of carbonyl (C=O) groups excluding carboxylic acids is 2. The predicted molar refractivity (Wildman–Crippen MR) is 97.2 cm³/mol. The largest absolute Gasteiger partial charge is 0.459 e. The molecule has 5 nitrogen and oxygen atoms in total. The molecule has 1 aromatic heterocycles. The SMILES string of the molecule is CC(C)CCCNC(=O)C(Cc1ccccc1)NC(=O)c1ccco1. The standard InChI is InChI=1S/C20H26N2O3/c1-15(2)8-6-12-21-19(23)17(14-16-9-4-3-5-10-16)22-20(24)18-11-7-13-25-18/h3-5,7,9-11,13,15,17H,6,8,12,14H2,1-2H3,(H,21,23)(H,22,24). The lowest BCUT2D eigenvalue weighted by molar-refractivity contribution is -0.122. The smallest absolute Gasteiger partial charge is 0.287 e. The van der Waals surface area contributed by atoms with Gasteiger partial charge in [-0.05, 0) is 36.5 Å². The lowest BCUT2D eigenvalue weighted by Gasteiger charge is -2.18. The Kier molecular flexibility index (Phi) is 7.26. The molecule has 0 saturated heterocycles. The number of nitrogens with one attached hydrogen (secondary N) is 2. The Balaban J connectivity index is 1.98. The molecular weight excluding hydrogens is 316 g/mol. The van der Waals surface area contributed by atoms with Gasteiger partial charge in [-0.2, -0.15) is 0 Å². The van der Waals surface area contributed by atoms with Gasteiger partial charge in [0.1, 0.15) is 6.04 Å². The first-order chi connectivity index (χ1) is 12.1. The molecule has 0 aliphatic heterocycles. The summed E-state index contributed by atoms with van der Waals surface area (Å²) in [4.78, 5) is 24.8. The summed E-state index contributed by atoms with van der Waals surface area (Å²) < 4.78 is 5.11. The maximum Gasteiger partial charge on any atom is 0.287 e. The molecule has 0 aliphatic rings. The summed E-state index contributed by atoms with van der Waals surface area (Å²) in [5.74, 6) is 0.247. The van der Waals surface area contributed by atoms with Crippen LogP contribution in [0.3, 0.4) is 0 Å². The molecule has 0 radical (unpaired) electrons. The fourth-order valence-electron chi connectivity index (χ4n) is 2.54. The normalized spacial score (nSPS) is 12.0. The quantitative estimate of drug-likeness (QED) is 0.688. The topological polar surface area (TPSA) is 71.3 Å². The third-order valence-corrected chi connectivity index (χ3v) is 3.91. The van der Waals surface area contributed by atoms with E-state index in [4.69, 9.17) is 4.42 Å². The molecule has 1 unspecified atom stereocenters. The number of amides is 2. The van der Waals surface area contributed by atoms with E-state index in [0.717, 1.165) is 18.4 Å². The van der Waals surface area contributed by atoms with E-state index >= 15 is 0 Å². The van der Waals surface area contributed by atoms with E-state index in [1.54, 1.807) is 12.1 Å². The maximum absolute atomic E-state index is 12.5. The van der Waals surface area contributed by atoms with Crippen LogP contribution >= 0.6 is 0 Å². The van der Waals surface area contributed by atoms with Gasteiger partial charge in [-0.15, -0.1) is 0 Å². The van der Waals surface area contributed by atoms with Crippen LogP contribution in [-0.4, -0.2) is 24.4 Å². The lowest BCUT2D eigenvalue weighted by atomic mass is 10.0. The Hall–Kier alpha value is -2.56. The lowest BCUT2D eigenvalue weighted by Crippen LogP contribution is -2.48. The van der Waals surface area contributed by atoms with E-state index in [0.29, 0.717) is 18.9 Å². The third-order valence-electron chi connectivity index (χ3n) is 3.91. The number of hydrogen-bond donors (Lipinski definition) is 2. The first-order valence-electron chi connectivity index (χ1n) is 8.72. The van der Waals surface area contributed by atoms with Crippen LogP contribution in [0.2, 0.25) is 0 Å². The van der Waals surface area contributed by atoms with Gasteiger partial charge in [-0.25, -0.2) is 0 Å². The van der Waals surface area contributed by atoms with E-state index in [9.17, 15) is 9.59 Å². The molecule has 25 heavy (non-hydrogen) atoms. The van der Waals surface area contributed by atoms with Gasteiger partial charge in [0, 0.05) is 13.0 Å². The minimum atomic E-state index is -0.640. The minimum absolute atomic E-state index is 0.174. The number of benzene rings is 1. The van der Waals surface area contributed by atoms with E-state index < -0.39 is 6.04 Å². The van der Waals surface area contributed by atoms with Gasteiger partial charge in [0.05, 0.1) is 6.26 Å². The van der Waals surface area contributed by atoms with Crippen LogP contribution in [0.25, 0.3) is 0 Å². The molecular formula is C20H26N2O3. The van der Waals surface area contributed by atoms with Gasteiger partial charge in [-0.3, -0.25) is 9.59 Å². The third kappa shape index (κ3) is 6.45. The van der Waals surface area contributed by atoms with Crippen LogP contribution in [0.15, 0.2) is 53.1 Å². The maximum atomic E-state index is 12.5. The number of rotatable bonds is 9.